The molecule has 0 radical (unpaired) electrons. The molecule has 3 rings (SSSR count). The normalized spacial score (nSPS) is 10.7. The molecule has 2 aromatic heterocycles. The number of nitrogens with one attached hydrogen (secondary N) is 1. The number of amides is 1. The first-order valence-electron chi connectivity index (χ1n) is 7.02. The molecule has 23 heavy (non-hydrogen) atoms. The summed E-state index contributed by atoms with van der Waals surface area (Å²) in [5.41, 5.74) is 1.79. The first-order chi connectivity index (χ1) is 11.1. The number of benzene rings is 1. The number of hydrogen-bond donors (Lipinski definition) is 1. The van der Waals surface area contributed by atoms with Gasteiger partial charge in [0.15, 0.2) is 0 Å². The molecule has 0 atom stereocenters. The van der Waals surface area contributed by atoms with Crippen molar-refractivity contribution in [1.82, 2.24) is 24.5 Å². The van der Waals surface area contributed by atoms with Crippen molar-refractivity contribution in [1.29, 1.82) is 0 Å². The maximum atomic E-state index is 12.9. The number of nitrogens with zero attached hydrogens (tertiary/aromatic N) is 5. The number of carbonyl (C=O) groups excluding carboxylic acids is 1. The van der Waals surface area contributed by atoms with Gasteiger partial charge in [-0.05, 0) is 30.7 Å². The van der Waals surface area contributed by atoms with Crippen molar-refractivity contribution in [2.24, 2.45) is 0 Å². The van der Waals surface area contributed by atoms with E-state index in [0.717, 1.165) is 11.3 Å². The monoisotopic (exact) mass is 314 g/mol. The first-order valence-corrected chi connectivity index (χ1v) is 7.02. The van der Waals surface area contributed by atoms with Crippen LogP contribution >= 0.6 is 0 Å². The Morgan fingerprint density at radius 2 is 2.04 bits per heavy atom. The third-order valence-electron chi connectivity index (χ3n) is 3.27. The molecule has 0 aliphatic carbocycles. The van der Waals surface area contributed by atoms with Crippen molar-refractivity contribution in [3.05, 3.63) is 59.9 Å². The van der Waals surface area contributed by atoms with Crippen LogP contribution in [-0.4, -0.2) is 30.5 Å². The zero-order chi connectivity index (χ0) is 16.2. The highest BCUT2D eigenvalue weighted by atomic mass is 19.1. The summed E-state index contributed by atoms with van der Waals surface area (Å²) in [7, 11) is 0. The lowest BCUT2D eigenvalue weighted by Crippen LogP contribution is -2.21. The molecule has 0 aliphatic rings. The Kier molecular flexibility index (Phi) is 4.13. The molecule has 0 unspecified atom stereocenters. The zero-order valence-corrected chi connectivity index (χ0v) is 12.5. The molecule has 0 saturated heterocycles. The fourth-order valence-corrected chi connectivity index (χ4v) is 2.07. The third-order valence-corrected chi connectivity index (χ3v) is 3.27. The Labute approximate surface area is 131 Å². The maximum Gasteiger partial charge on any atom is 0.248 e. The summed E-state index contributed by atoms with van der Waals surface area (Å²) in [5.74, 6) is -0.313. The predicted molar refractivity (Wildman–Crippen MR) is 81.1 cm³/mol. The Balaban J connectivity index is 1.59. The van der Waals surface area contributed by atoms with Gasteiger partial charge >= 0.3 is 0 Å². The molecule has 0 spiro atoms. The second-order valence-electron chi connectivity index (χ2n) is 5.07. The van der Waals surface area contributed by atoms with E-state index in [1.54, 1.807) is 27.7 Å². The quantitative estimate of drug-likeness (QED) is 0.776. The van der Waals surface area contributed by atoms with Crippen LogP contribution in [0.5, 0.6) is 0 Å². The molecule has 3 aromatic rings. The van der Waals surface area contributed by atoms with Crippen molar-refractivity contribution in [3.8, 4) is 0 Å². The Bertz CT molecular complexity index is 807. The average molecular weight is 314 g/mol. The molecule has 2 heterocycles. The summed E-state index contributed by atoms with van der Waals surface area (Å²) < 4.78 is 16.0. The lowest BCUT2D eigenvalue weighted by Gasteiger charge is -2.04. The Morgan fingerprint density at radius 1 is 1.26 bits per heavy atom. The van der Waals surface area contributed by atoms with Gasteiger partial charge in [-0.15, -0.1) is 5.10 Å². The molecular formula is C15H15FN6O. The lowest BCUT2D eigenvalue weighted by molar-refractivity contribution is -0.117. The minimum Gasteiger partial charge on any atom is -0.292 e. The number of aromatic nitrogens is 5. The summed E-state index contributed by atoms with van der Waals surface area (Å²) in [6.45, 7) is 2.42. The van der Waals surface area contributed by atoms with Crippen LogP contribution in [-0.2, 0) is 17.9 Å². The van der Waals surface area contributed by atoms with Crippen molar-refractivity contribution in [2.45, 2.75) is 20.0 Å². The fraction of sp³-hybridized carbons (Fsp3) is 0.200. The highest BCUT2D eigenvalue weighted by Crippen LogP contribution is 2.06. The Morgan fingerprint density at radius 3 is 2.74 bits per heavy atom. The SMILES string of the molecule is Cc1ccnn1CC(=O)Nc1ncn(Cc2ccc(F)cc2)n1. The number of anilines is 1. The van der Waals surface area contributed by atoms with Gasteiger partial charge in [0.25, 0.3) is 0 Å². The standard InChI is InChI=1S/C15H15FN6O/c1-11-6-7-18-22(11)9-14(23)19-15-17-10-21(20-15)8-12-2-4-13(16)5-3-12/h2-7,10H,8-9H2,1H3,(H,19,20,23). The number of hydrogen-bond acceptors (Lipinski definition) is 4. The van der Waals surface area contributed by atoms with Crippen LogP contribution in [0.25, 0.3) is 0 Å². The molecule has 0 fully saturated rings. The minimum atomic E-state index is -0.283. The predicted octanol–water partition coefficient (Wildman–Crippen LogP) is 1.61. The summed E-state index contributed by atoms with van der Waals surface area (Å²) in [6, 6.07) is 7.96. The van der Waals surface area contributed by atoms with Crippen LogP contribution in [0.15, 0.2) is 42.9 Å². The molecule has 118 valence electrons. The number of aryl methyl sites for hydroxylation is 1. The number of rotatable bonds is 5. The van der Waals surface area contributed by atoms with Crippen LogP contribution < -0.4 is 5.32 Å². The van der Waals surface area contributed by atoms with Crippen molar-refractivity contribution < 1.29 is 9.18 Å². The van der Waals surface area contributed by atoms with Gasteiger partial charge in [0.1, 0.15) is 18.7 Å². The van der Waals surface area contributed by atoms with E-state index >= 15 is 0 Å². The summed E-state index contributed by atoms with van der Waals surface area (Å²) in [4.78, 5) is 16.0. The van der Waals surface area contributed by atoms with Gasteiger partial charge in [-0.3, -0.25) is 14.8 Å². The van der Waals surface area contributed by atoms with Crippen LogP contribution in [0.3, 0.4) is 0 Å². The summed E-state index contributed by atoms with van der Waals surface area (Å²) in [6.07, 6.45) is 3.15. The molecule has 0 aliphatic heterocycles. The minimum absolute atomic E-state index is 0.103. The van der Waals surface area contributed by atoms with Crippen LogP contribution in [0.2, 0.25) is 0 Å². The molecule has 7 nitrogen and oxygen atoms in total. The molecule has 1 N–H and O–H groups in total. The van der Waals surface area contributed by atoms with Gasteiger partial charge in [0.2, 0.25) is 11.9 Å². The van der Waals surface area contributed by atoms with Gasteiger partial charge in [-0.2, -0.15) is 5.10 Å². The van der Waals surface area contributed by atoms with E-state index < -0.39 is 0 Å². The summed E-state index contributed by atoms with van der Waals surface area (Å²) in [5, 5.41) is 10.8. The van der Waals surface area contributed by atoms with E-state index in [2.05, 4.69) is 20.5 Å². The van der Waals surface area contributed by atoms with Crippen LogP contribution in [0.4, 0.5) is 10.3 Å². The first kappa shape index (κ1) is 14.9. The average Bonchev–Trinajstić information content (AvgIpc) is 3.11. The summed E-state index contributed by atoms with van der Waals surface area (Å²) >= 11 is 0. The number of carbonyl (C=O) groups is 1. The van der Waals surface area contributed by atoms with E-state index in [1.807, 2.05) is 13.0 Å². The van der Waals surface area contributed by atoms with Crippen molar-refractivity contribution >= 4 is 11.9 Å². The Hall–Kier alpha value is -3.03. The molecule has 0 saturated carbocycles. The topological polar surface area (TPSA) is 77.6 Å². The highest BCUT2D eigenvalue weighted by Gasteiger charge is 2.09. The molecular weight excluding hydrogens is 299 g/mol. The van der Waals surface area contributed by atoms with Gasteiger partial charge in [-0.1, -0.05) is 12.1 Å². The molecule has 0 bridgehead atoms. The van der Waals surface area contributed by atoms with E-state index in [1.165, 1.54) is 18.5 Å². The van der Waals surface area contributed by atoms with Gasteiger partial charge in [0.05, 0.1) is 6.54 Å². The maximum absolute atomic E-state index is 12.9. The molecule has 1 aromatic carbocycles. The highest BCUT2D eigenvalue weighted by molar-refractivity contribution is 5.88. The lowest BCUT2D eigenvalue weighted by atomic mass is 10.2. The second kappa shape index (κ2) is 6.39. The van der Waals surface area contributed by atoms with E-state index in [9.17, 15) is 9.18 Å². The fourth-order valence-electron chi connectivity index (χ4n) is 2.07. The number of halogens is 1. The second-order valence-corrected chi connectivity index (χ2v) is 5.07. The van der Waals surface area contributed by atoms with E-state index in [0.29, 0.717) is 6.54 Å². The molecule has 8 heteroatoms. The van der Waals surface area contributed by atoms with Crippen molar-refractivity contribution in [3.63, 3.8) is 0 Å². The third kappa shape index (κ3) is 3.79. The van der Waals surface area contributed by atoms with Gasteiger partial charge < -0.3 is 0 Å². The van der Waals surface area contributed by atoms with Crippen LogP contribution in [0.1, 0.15) is 11.3 Å². The smallest absolute Gasteiger partial charge is 0.248 e. The van der Waals surface area contributed by atoms with Crippen LogP contribution in [0, 0.1) is 12.7 Å². The largest absolute Gasteiger partial charge is 0.292 e. The zero-order valence-electron chi connectivity index (χ0n) is 12.5. The van der Waals surface area contributed by atoms with Gasteiger partial charge in [0, 0.05) is 11.9 Å². The van der Waals surface area contributed by atoms with E-state index in [-0.39, 0.29) is 24.2 Å². The van der Waals surface area contributed by atoms with E-state index in [4.69, 9.17) is 0 Å². The van der Waals surface area contributed by atoms with Crippen molar-refractivity contribution in [2.75, 3.05) is 5.32 Å². The van der Waals surface area contributed by atoms with Gasteiger partial charge in [-0.25, -0.2) is 14.1 Å². The molecule has 1 amide bonds.